The normalized spacial score (nSPS) is 17.6. The minimum Gasteiger partial charge on any atom is -0.379 e. The third kappa shape index (κ3) is 5.89. The molecule has 0 N–H and O–H groups in total. The van der Waals surface area contributed by atoms with Crippen LogP contribution in [0.3, 0.4) is 0 Å². The molecule has 2 fully saturated rings. The van der Waals surface area contributed by atoms with E-state index in [1.54, 1.807) is 17.0 Å². The summed E-state index contributed by atoms with van der Waals surface area (Å²) in [6.45, 7) is 7.85. The fourth-order valence-electron chi connectivity index (χ4n) is 4.63. The summed E-state index contributed by atoms with van der Waals surface area (Å²) in [5, 5.41) is 1.24. The molecule has 2 aliphatic rings. The topological polar surface area (TPSA) is 92.3 Å². The van der Waals surface area contributed by atoms with Crippen LogP contribution in [0.25, 0.3) is 10.2 Å². The van der Waals surface area contributed by atoms with Crippen molar-refractivity contribution in [3.8, 4) is 0 Å². The van der Waals surface area contributed by atoms with E-state index < -0.39 is 10.0 Å². The lowest BCUT2D eigenvalue weighted by Gasteiger charge is -2.28. The average Bonchev–Trinajstić information content (AvgIpc) is 3.39. The number of carbonyl (C=O) groups is 1. The SMILES string of the molecule is Cc1c(Cl)ccc2sc(N(CCCN3CCOCC3)C(=O)c3ccc(S(=O)(=O)N4CCOCC4)cc3)nc12. The van der Waals surface area contributed by atoms with Gasteiger partial charge in [0.25, 0.3) is 5.91 Å². The molecule has 3 aromatic rings. The number of rotatable bonds is 8. The number of anilines is 1. The van der Waals surface area contributed by atoms with E-state index in [1.165, 1.54) is 27.8 Å². The van der Waals surface area contributed by atoms with Crippen LogP contribution in [-0.2, 0) is 19.5 Å². The van der Waals surface area contributed by atoms with Crippen LogP contribution < -0.4 is 4.90 Å². The van der Waals surface area contributed by atoms with Crippen LogP contribution in [0.5, 0.6) is 0 Å². The number of amides is 1. The zero-order valence-electron chi connectivity index (χ0n) is 21.3. The van der Waals surface area contributed by atoms with Crippen molar-refractivity contribution in [2.24, 2.45) is 0 Å². The number of halogens is 1. The molecule has 2 aliphatic heterocycles. The smallest absolute Gasteiger partial charge is 0.260 e. The van der Waals surface area contributed by atoms with E-state index in [4.69, 9.17) is 26.1 Å². The van der Waals surface area contributed by atoms with E-state index in [9.17, 15) is 13.2 Å². The Morgan fingerprint density at radius 1 is 1.03 bits per heavy atom. The molecule has 9 nitrogen and oxygen atoms in total. The molecular formula is C26H31ClN4O5S2. The highest BCUT2D eigenvalue weighted by molar-refractivity contribution is 7.89. The van der Waals surface area contributed by atoms with Gasteiger partial charge in [-0.2, -0.15) is 4.31 Å². The van der Waals surface area contributed by atoms with E-state index in [-0.39, 0.29) is 10.8 Å². The number of aryl methyl sites for hydroxylation is 1. The minimum atomic E-state index is -3.64. The maximum absolute atomic E-state index is 13.8. The summed E-state index contributed by atoms with van der Waals surface area (Å²) in [5.41, 5.74) is 2.08. The minimum absolute atomic E-state index is 0.167. The summed E-state index contributed by atoms with van der Waals surface area (Å²) in [4.78, 5) is 22.8. The number of carbonyl (C=O) groups excluding carboxylic acids is 1. The van der Waals surface area contributed by atoms with Crippen LogP contribution in [0.4, 0.5) is 5.13 Å². The molecule has 204 valence electrons. The monoisotopic (exact) mass is 578 g/mol. The van der Waals surface area contributed by atoms with Crippen LogP contribution in [0.2, 0.25) is 5.02 Å². The molecule has 0 atom stereocenters. The Labute approximate surface area is 231 Å². The number of hydrogen-bond acceptors (Lipinski definition) is 8. The van der Waals surface area contributed by atoms with Gasteiger partial charge >= 0.3 is 0 Å². The molecule has 1 amide bonds. The number of nitrogens with zero attached hydrogens (tertiary/aromatic N) is 4. The van der Waals surface area contributed by atoms with Crippen molar-refractivity contribution in [1.29, 1.82) is 0 Å². The summed E-state index contributed by atoms with van der Waals surface area (Å²) in [7, 11) is -3.64. The molecule has 2 aromatic carbocycles. The quantitative estimate of drug-likeness (QED) is 0.403. The zero-order valence-corrected chi connectivity index (χ0v) is 23.7. The van der Waals surface area contributed by atoms with E-state index >= 15 is 0 Å². The van der Waals surface area contributed by atoms with Crippen LogP contribution in [0.15, 0.2) is 41.3 Å². The van der Waals surface area contributed by atoms with Gasteiger partial charge in [-0.3, -0.25) is 14.6 Å². The van der Waals surface area contributed by atoms with Crippen molar-refractivity contribution in [2.75, 3.05) is 70.6 Å². The molecule has 1 aromatic heterocycles. The Kier molecular flexibility index (Phi) is 8.63. The Balaban J connectivity index is 1.39. The standard InChI is InChI=1S/C26H31ClN4O5S2/c1-19-22(27)7-8-23-24(19)28-26(37-23)31(10-2-9-29-11-15-35-16-12-29)25(32)20-3-5-21(6-4-20)38(33,34)30-13-17-36-18-14-30/h3-8H,2,9-18H2,1H3. The summed E-state index contributed by atoms with van der Waals surface area (Å²) in [6.07, 6.45) is 0.769. The second-order valence-corrected chi connectivity index (χ2v) is 12.7. The maximum atomic E-state index is 13.8. The number of benzene rings is 2. The van der Waals surface area contributed by atoms with Gasteiger partial charge in [0.2, 0.25) is 10.0 Å². The number of hydrogen-bond donors (Lipinski definition) is 0. The van der Waals surface area contributed by atoms with Crippen molar-refractivity contribution in [1.82, 2.24) is 14.2 Å². The molecule has 0 bridgehead atoms. The number of sulfonamides is 1. The van der Waals surface area contributed by atoms with Gasteiger partial charge in [0.15, 0.2) is 5.13 Å². The van der Waals surface area contributed by atoms with Crippen molar-refractivity contribution in [3.63, 3.8) is 0 Å². The van der Waals surface area contributed by atoms with Crippen LogP contribution in [0.1, 0.15) is 22.3 Å². The highest BCUT2D eigenvalue weighted by Crippen LogP contribution is 2.34. The lowest BCUT2D eigenvalue weighted by Crippen LogP contribution is -2.40. The second kappa shape index (κ2) is 12.0. The molecular weight excluding hydrogens is 548 g/mol. The molecule has 38 heavy (non-hydrogen) atoms. The Bertz CT molecular complexity index is 1380. The number of thiazole rings is 1. The number of ether oxygens (including phenoxy) is 2. The Morgan fingerprint density at radius 3 is 2.37 bits per heavy atom. The number of aromatic nitrogens is 1. The van der Waals surface area contributed by atoms with E-state index in [2.05, 4.69) is 4.90 Å². The number of morpholine rings is 2. The van der Waals surface area contributed by atoms with Gasteiger partial charge in [-0.15, -0.1) is 0 Å². The lowest BCUT2D eigenvalue weighted by atomic mass is 10.2. The van der Waals surface area contributed by atoms with Gasteiger partial charge in [0.05, 0.1) is 41.5 Å². The van der Waals surface area contributed by atoms with Gasteiger partial charge in [0, 0.05) is 49.9 Å². The van der Waals surface area contributed by atoms with E-state index in [0.29, 0.717) is 48.6 Å². The molecule has 0 radical (unpaired) electrons. The number of fused-ring (bicyclic) bond motifs is 1. The van der Waals surface area contributed by atoms with Gasteiger partial charge in [0.1, 0.15) is 0 Å². The first-order chi connectivity index (χ1) is 18.3. The first-order valence-corrected chi connectivity index (χ1v) is 15.3. The first kappa shape index (κ1) is 27.4. The molecule has 0 spiro atoms. The van der Waals surface area contributed by atoms with Crippen molar-refractivity contribution < 1.29 is 22.7 Å². The van der Waals surface area contributed by atoms with Crippen molar-refractivity contribution >= 4 is 54.2 Å². The van der Waals surface area contributed by atoms with E-state index in [1.807, 2.05) is 19.1 Å². The average molecular weight is 579 g/mol. The lowest BCUT2D eigenvalue weighted by molar-refractivity contribution is 0.0376. The van der Waals surface area contributed by atoms with E-state index in [0.717, 1.165) is 55.0 Å². The molecule has 0 unspecified atom stereocenters. The summed E-state index contributed by atoms with van der Waals surface area (Å²) in [6, 6.07) is 9.95. The van der Waals surface area contributed by atoms with Crippen LogP contribution >= 0.6 is 22.9 Å². The maximum Gasteiger partial charge on any atom is 0.260 e. The molecule has 5 rings (SSSR count). The van der Waals surface area contributed by atoms with Crippen molar-refractivity contribution in [2.45, 2.75) is 18.2 Å². The summed E-state index contributed by atoms with van der Waals surface area (Å²) < 4.78 is 39.1. The predicted octanol–water partition coefficient (Wildman–Crippen LogP) is 3.65. The Morgan fingerprint density at radius 2 is 1.68 bits per heavy atom. The largest absolute Gasteiger partial charge is 0.379 e. The molecule has 0 aliphatic carbocycles. The highest BCUT2D eigenvalue weighted by atomic mass is 35.5. The first-order valence-electron chi connectivity index (χ1n) is 12.7. The van der Waals surface area contributed by atoms with Gasteiger partial charge in [-0.1, -0.05) is 22.9 Å². The Hall–Kier alpha value is -2.12. The molecule has 3 heterocycles. The molecule has 12 heteroatoms. The predicted molar refractivity (Wildman–Crippen MR) is 149 cm³/mol. The summed E-state index contributed by atoms with van der Waals surface area (Å²) in [5.74, 6) is -0.217. The third-order valence-electron chi connectivity index (χ3n) is 6.88. The van der Waals surface area contributed by atoms with Gasteiger partial charge < -0.3 is 9.47 Å². The molecule has 2 saturated heterocycles. The highest BCUT2D eigenvalue weighted by Gasteiger charge is 2.27. The third-order valence-corrected chi connectivity index (χ3v) is 10.2. The second-order valence-electron chi connectivity index (χ2n) is 9.32. The summed E-state index contributed by atoms with van der Waals surface area (Å²) >= 11 is 7.77. The fourth-order valence-corrected chi connectivity index (χ4v) is 7.24. The fraction of sp³-hybridized carbons (Fsp3) is 0.462. The van der Waals surface area contributed by atoms with Gasteiger partial charge in [-0.25, -0.2) is 13.4 Å². The molecule has 0 saturated carbocycles. The van der Waals surface area contributed by atoms with Crippen LogP contribution in [0, 0.1) is 6.92 Å². The zero-order chi connectivity index (χ0) is 26.7. The van der Waals surface area contributed by atoms with Crippen molar-refractivity contribution in [3.05, 3.63) is 52.5 Å². The van der Waals surface area contributed by atoms with Crippen LogP contribution in [-0.4, -0.2) is 94.2 Å². The van der Waals surface area contributed by atoms with Gasteiger partial charge in [-0.05, 0) is 55.3 Å².